The highest BCUT2D eigenvalue weighted by atomic mass is 19.1. The fourth-order valence-electron chi connectivity index (χ4n) is 4.15. The van der Waals surface area contributed by atoms with Crippen LogP contribution < -0.4 is 10.2 Å². The average Bonchev–Trinajstić information content (AvgIpc) is 2.82. The number of carbonyl (C=O) groups is 3. The Balaban J connectivity index is 1.85. The molecule has 0 spiro atoms. The fraction of sp³-hybridized carbons (Fsp3) is 0.348. The van der Waals surface area contributed by atoms with Crippen molar-refractivity contribution in [2.24, 2.45) is 0 Å². The standard InChI is InChI=1S/C23H25FN2O4/c1-13-9-15(12-17-21(13)26(4)22(30)23(17,2)3)25-19(27)10-14(11-20(28)29)16-7-5-6-8-18(16)24/h5-9,12,14H,10-11H2,1-4H3,(H,25,27)(H,28,29). The van der Waals surface area contributed by atoms with Gasteiger partial charge in [0.1, 0.15) is 5.82 Å². The maximum absolute atomic E-state index is 14.2. The van der Waals surface area contributed by atoms with Gasteiger partial charge in [-0.3, -0.25) is 14.4 Å². The summed E-state index contributed by atoms with van der Waals surface area (Å²) in [5.41, 5.74) is 2.51. The van der Waals surface area contributed by atoms with Crippen LogP contribution in [0, 0.1) is 12.7 Å². The van der Waals surface area contributed by atoms with E-state index < -0.39 is 29.0 Å². The molecule has 1 unspecified atom stereocenters. The second-order valence-corrected chi connectivity index (χ2v) is 8.25. The Morgan fingerprint density at radius 3 is 2.50 bits per heavy atom. The van der Waals surface area contributed by atoms with Crippen LogP contribution in [0.1, 0.15) is 49.3 Å². The van der Waals surface area contributed by atoms with Crippen LogP contribution in [0.2, 0.25) is 0 Å². The van der Waals surface area contributed by atoms with Gasteiger partial charge >= 0.3 is 5.97 Å². The molecule has 0 aliphatic carbocycles. The molecule has 1 atom stereocenters. The van der Waals surface area contributed by atoms with Crippen LogP contribution >= 0.6 is 0 Å². The minimum absolute atomic E-state index is 0.0230. The zero-order valence-corrected chi connectivity index (χ0v) is 17.5. The highest BCUT2D eigenvalue weighted by molar-refractivity contribution is 6.08. The van der Waals surface area contributed by atoms with Crippen LogP contribution in [0.5, 0.6) is 0 Å². The van der Waals surface area contributed by atoms with Crippen molar-refractivity contribution in [3.63, 3.8) is 0 Å². The molecule has 1 aliphatic rings. The first kappa shape index (κ1) is 21.5. The third-order valence-electron chi connectivity index (χ3n) is 5.63. The summed E-state index contributed by atoms with van der Waals surface area (Å²) in [6, 6.07) is 9.43. The van der Waals surface area contributed by atoms with Gasteiger partial charge in [0.05, 0.1) is 17.5 Å². The molecule has 0 aromatic heterocycles. The molecule has 0 saturated carbocycles. The van der Waals surface area contributed by atoms with Crippen LogP contribution in [0.4, 0.5) is 15.8 Å². The molecule has 0 fully saturated rings. The third kappa shape index (κ3) is 3.92. The van der Waals surface area contributed by atoms with Crippen molar-refractivity contribution in [1.82, 2.24) is 0 Å². The summed E-state index contributed by atoms with van der Waals surface area (Å²) in [5.74, 6) is -2.87. The third-order valence-corrected chi connectivity index (χ3v) is 5.63. The molecule has 3 rings (SSSR count). The van der Waals surface area contributed by atoms with E-state index in [-0.39, 0.29) is 24.3 Å². The van der Waals surface area contributed by atoms with Crippen molar-refractivity contribution in [1.29, 1.82) is 0 Å². The maximum atomic E-state index is 14.2. The van der Waals surface area contributed by atoms with E-state index in [2.05, 4.69) is 5.32 Å². The molecule has 2 N–H and O–H groups in total. The number of hydrogen-bond donors (Lipinski definition) is 2. The largest absolute Gasteiger partial charge is 0.481 e. The first-order valence-electron chi connectivity index (χ1n) is 9.71. The van der Waals surface area contributed by atoms with Gasteiger partial charge in [-0.05, 0) is 55.7 Å². The second-order valence-electron chi connectivity index (χ2n) is 8.25. The number of rotatable bonds is 6. The number of carboxylic acids is 1. The number of fused-ring (bicyclic) bond motifs is 1. The van der Waals surface area contributed by atoms with Gasteiger partial charge in [0.2, 0.25) is 11.8 Å². The number of aryl methyl sites for hydroxylation is 1. The Labute approximate surface area is 174 Å². The summed E-state index contributed by atoms with van der Waals surface area (Å²) in [5, 5.41) is 12.0. The smallest absolute Gasteiger partial charge is 0.303 e. The van der Waals surface area contributed by atoms with Crippen molar-refractivity contribution in [2.75, 3.05) is 17.3 Å². The number of benzene rings is 2. The molecular formula is C23H25FN2O4. The number of halogens is 1. The van der Waals surface area contributed by atoms with Crippen molar-refractivity contribution < 1.29 is 23.9 Å². The van der Waals surface area contributed by atoms with E-state index in [9.17, 15) is 23.9 Å². The normalized spacial score (nSPS) is 15.6. The summed E-state index contributed by atoms with van der Waals surface area (Å²) < 4.78 is 14.2. The minimum atomic E-state index is -1.10. The average molecular weight is 412 g/mol. The van der Waals surface area contributed by atoms with Gasteiger partial charge in [-0.1, -0.05) is 18.2 Å². The van der Waals surface area contributed by atoms with Crippen molar-refractivity contribution >= 4 is 29.2 Å². The van der Waals surface area contributed by atoms with Crippen molar-refractivity contribution in [3.05, 3.63) is 58.9 Å². The van der Waals surface area contributed by atoms with Gasteiger partial charge in [0.15, 0.2) is 0 Å². The van der Waals surface area contributed by atoms with E-state index in [0.717, 1.165) is 16.8 Å². The highest BCUT2D eigenvalue weighted by Gasteiger charge is 2.43. The number of aliphatic carboxylic acids is 1. The molecular weight excluding hydrogens is 387 g/mol. The molecule has 2 aromatic carbocycles. The lowest BCUT2D eigenvalue weighted by atomic mass is 9.85. The molecule has 2 amide bonds. The molecule has 1 heterocycles. The fourth-order valence-corrected chi connectivity index (χ4v) is 4.15. The molecule has 6 nitrogen and oxygen atoms in total. The van der Waals surface area contributed by atoms with Gasteiger partial charge in [0, 0.05) is 25.1 Å². The molecule has 158 valence electrons. The van der Waals surface area contributed by atoms with Crippen LogP contribution in [0.15, 0.2) is 36.4 Å². The topological polar surface area (TPSA) is 86.7 Å². The lowest BCUT2D eigenvalue weighted by Gasteiger charge is -2.18. The van der Waals surface area contributed by atoms with Crippen molar-refractivity contribution in [2.45, 2.75) is 44.9 Å². The molecule has 0 radical (unpaired) electrons. The summed E-state index contributed by atoms with van der Waals surface area (Å²) in [4.78, 5) is 38.1. The van der Waals surface area contributed by atoms with Crippen LogP contribution in [0.25, 0.3) is 0 Å². The lowest BCUT2D eigenvalue weighted by molar-refractivity contribution is -0.137. The summed E-state index contributed by atoms with van der Waals surface area (Å²) >= 11 is 0. The summed E-state index contributed by atoms with van der Waals surface area (Å²) in [7, 11) is 1.73. The number of carbonyl (C=O) groups excluding carboxylic acids is 2. The number of amides is 2. The Morgan fingerprint density at radius 1 is 1.20 bits per heavy atom. The number of likely N-dealkylation sites (N-methyl/N-ethyl adjacent to an activating group) is 1. The van der Waals surface area contributed by atoms with E-state index in [1.165, 1.54) is 18.2 Å². The first-order valence-corrected chi connectivity index (χ1v) is 9.71. The SMILES string of the molecule is Cc1cc(NC(=O)CC(CC(=O)O)c2ccccc2F)cc2c1N(C)C(=O)C2(C)C. The van der Waals surface area contributed by atoms with Gasteiger partial charge < -0.3 is 15.3 Å². The number of nitrogens with zero attached hydrogens (tertiary/aromatic N) is 1. The Morgan fingerprint density at radius 2 is 1.87 bits per heavy atom. The van der Waals surface area contributed by atoms with E-state index >= 15 is 0 Å². The quantitative estimate of drug-likeness (QED) is 0.752. The monoisotopic (exact) mass is 412 g/mol. The van der Waals surface area contributed by atoms with E-state index in [4.69, 9.17) is 0 Å². The predicted molar refractivity (Wildman–Crippen MR) is 112 cm³/mol. The summed E-state index contributed by atoms with van der Waals surface area (Å²) in [6.45, 7) is 5.54. The lowest BCUT2D eigenvalue weighted by Crippen LogP contribution is -2.33. The summed E-state index contributed by atoms with van der Waals surface area (Å²) in [6.07, 6.45) is -0.532. The van der Waals surface area contributed by atoms with E-state index in [1.807, 2.05) is 20.8 Å². The van der Waals surface area contributed by atoms with Gasteiger partial charge in [-0.15, -0.1) is 0 Å². The molecule has 2 aromatic rings. The van der Waals surface area contributed by atoms with Crippen LogP contribution in [0.3, 0.4) is 0 Å². The molecule has 7 heteroatoms. The first-order chi connectivity index (χ1) is 14.0. The Bertz CT molecular complexity index is 1030. The zero-order valence-electron chi connectivity index (χ0n) is 17.5. The van der Waals surface area contributed by atoms with Gasteiger partial charge in [-0.2, -0.15) is 0 Å². The zero-order chi connectivity index (χ0) is 22.2. The van der Waals surface area contributed by atoms with Gasteiger partial charge in [0.25, 0.3) is 0 Å². The highest BCUT2D eigenvalue weighted by Crippen LogP contribution is 2.44. The minimum Gasteiger partial charge on any atom is -0.481 e. The Kier molecular flexibility index (Phi) is 5.65. The molecule has 30 heavy (non-hydrogen) atoms. The maximum Gasteiger partial charge on any atom is 0.303 e. The van der Waals surface area contributed by atoms with Crippen LogP contribution in [-0.2, 0) is 19.8 Å². The predicted octanol–water partition coefficient (Wildman–Crippen LogP) is 3.98. The van der Waals surface area contributed by atoms with E-state index in [1.54, 1.807) is 30.1 Å². The number of anilines is 2. The van der Waals surface area contributed by atoms with E-state index in [0.29, 0.717) is 5.69 Å². The second kappa shape index (κ2) is 7.89. The molecule has 1 aliphatic heterocycles. The molecule has 0 saturated heterocycles. The number of hydrogen-bond acceptors (Lipinski definition) is 3. The van der Waals surface area contributed by atoms with Gasteiger partial charge in [-0.25, -0.2) is 4.39 Å². The Hall–Kier alpha value is -3.22. The number of nitrogens with one attached hydrogen (secondary N) is 1. The van der Waals surface area contributed by atoms with Crippen LogP contribution in [-0.4, -0.2) is 29.9 Å². The number of carboxylic acid groups (broad SMARTS) is 1. The molecule has 0 bridgehead atoms. The van der Waals surface area contributed by atoms with Crippen molar-refractivity contribution in [3.8, 4) is 0 Å².